The van der Waals surface area contributed by atoms with Crippen LogP contribution in [0, 0.1) is 0 Å². The predicted molar refractivity (Wildman–Crippen MR) is 290 cm³/mol. The van der Waals surface area contributed by atoms with E-state index in [0.717, 1.165) is 39.0 Å². The first-order valence-electron chi connectivity index (χ1n) is 24.5. The average molecular weight is 1130 g/mol. The van der Waals surface area contributed by atoms with Gasteiger partial charge in [0.1, 0.15) is 4.90 Å². The molecule has 1 aromatic heterocycles. The molecule has 2 aliphatic rings. The van der Waals surface area contributed by atoms with E-state index in [4.69, 9.17) is 4.84 Å². The molecule has 24 heteroatoms. The molecule has 0 spiro atoms. The van der Waals surface area contributed by atoms with Crippen molar-refractivity contribution in [1.82, 2.24) is 9.63 Å². The number of imide groups is 1. The molecule has 1 saturated heterocycles. The molecule has 0 saturated carbocycles. The van der Waals surface area contributed by atoms with Gasteiger partial charge in [0.05, 0.1) is 28.2 Å². The van der Waals surface area contributed by atoms with Crippen molar-refractivity contribution in [1.29, 1.82) is 0 Å². The molecular weight excluding hydrogens is 1080 g/mol. The van der Waals surface area contributed by atoms with Crippen LogP contribution in [0.5, 0.6) is 0 Å². The Morgan fingerprint density at radius 1 is 0.662 bits per heavy atom. The van der Waals surface area contributed by atoms with Gasteiger partial charge in [-0.25, -0.2) is 4.79 Å². The number of benzene rings is 5. The molecule has 0 aliphatic carbocycles. The second kappa shape index (κ2) is 23.4. The monoisotopic (exact) mass is 1130 g/mol. The molecule has 3 heterocycles. The van der Waals surface area contributed by atoms with Crippen LogP contribution in [-0.2, 0) is 66.2 Å². The van der Waals surface area contributed by atoms with Gasteiger partial charge in [-0.3, -0.25) is 27.8 Å². The second-order valence-electron chi connectivity index (χ2n) is 18.5. The Morgan fingerprint density at radius 3 is 2.01 bits per heavy atom. The minimum absolute atomic E-state index is 0.000774. The Labute approximate surface area is 444 Å². The van der Waals surface area contributed by atoms with Crippen LogP contribution in [0.2, 0.25) is 0 Å². The van der Waals surface area contributed by atoms with E-state index in [1.54, 1.807) is 41.0 Å². The number of amides is 2. The molecule has 8 rings (SSSR count). The summed E-state index contributed by atoms with van der Waals surface area (Å²) in [5.74, 6) is -3.46. The van der Waals surface area contributed by atoms with Crippen LogP contribution >= 0.6 is 0 Å². The molecule has 0 radical (unpaired) electrons. The Morgan fingerprint density at radius 2 is 1.31 bits per heavy atom. The number of hydroxylamine groups is 2. The maximum Gasteiger partial charge on any atom is 0.333 e. The Hall–Kier alpha value is -6.90. The lowest BCUT2D eigenvalue weighted by atomic mass is 9.99. The number of carbonyl (C=O) groups is 3. The maximum atomic E-state index is 12.7. The third kappa shape index (κ3) is 13.8. The van der Waals surface area contributed by atoms with Crippen molar-refractivity contribution >= 4 is 120 Å². The van der Waals surface area contributed by atoms with Crippen molar-refractivity contribution in [2.24, 2.45) is 0 Å². The molecule has 406 valence electrons. The van der Waals surface area contributed by atoms with Gasteiger partial charge in [0.15, 0.2) is 6.54 Å². The molecule has 0 bridgehead atoms. The number of unbranched alkanes of at least 4 members (excludes halogenated alkanes) is 1. The SMILES string of the molecule is O=C(CCCCC(/C=C/C=c1\c2cccc3c(S(=O)(=O)O)ccc(c32)n1CCCS(=O)(=O)O)=C\C=C\C1=[N+](CCCS(=O)(=O)O)c2ccc(N(CCCS(=O)(=O)O)c3ccccc3)c3cccc1c23)ON1C(=O)CCC1=O. The van der Waals surface area contributed by atoms with E-state index in [0.29, 0.717) is 51.7 Å². The van der Waals surface area contributed by atoms with Crippen molar-refractivity contribution in [2.45, 2.75) is 69.2 Å². The van der Waals surface area contributed by atoms with Gasteiger partial charge in [-0.05, 0) is 80.2 Å². The number of nitrogens with zero attached hydrogens (tertiary/aromatic N) is 4. The van der Waals surface area contributed by atoms with Crippen LogP contribution in [0.15, 0.2) is 132 Å². The van der Waals surface area contributed by atoms with E-state index in [9.17, 15) is 66.3 Å². The first kappa shape index (κ1) is 56.3. The van der Waals surface area contributed by atoms with E-state index in [-0.39, 0.29) is 68.4 Å². The van der Waals surface area contributed by atoms with Gasteiger partial charge >= 0.3 is 5.97 Å². The molecular formula is C53H55N4O16S4+. The lowest BCUT2D eigenvalue weighted by Gasteiger charge is -2.26. The number of anilines is 2. The lowest BCUT2D eigenvalue weighted by molar-refractivity contribution is -0.435. The summed E-state index contributed by atoms with van der Waals surface area (Å²) in [5.41, 5.74) is 5.02. The number of aryl methyl sites for hydroxylation is 1. The van der Waals surface area contributed by atoms with E-state index in [1.807, 2.05) is 88.4 Å². The predicted octanol–water partition coefficient (Wildman–Crippen LogP) is 7.02. The fraction of sp³-hybridized carbons (Fsp3) is 0.283. The third-order valence-electron chi connectivity index (χ3n) is 13.1. The van der Waals surface area contributed by atoms with Gasteiger partial charge < -0.3 is 14.3 Å². The largest absolute Gasteiger partial charge is 0.341 e. The Bertz CT molecular complexity index is 3950. The number of aromatic nitrogens is 1. The lowest BCUT2D eigenvalue weighted by Crippen LogP contribution is -2.31. The van der Waals surface area contributed by atoms with Crippen molar-refractivity contribution in [2.75, 3.05) is 35.2 Å². The van der Waals surface area contributed by atoms with Gasteiger partial charge in [0.25, 0.3) is 52.3 Å². The summed E-state index contributed by atoms with van der Waals surface area (Å²) in [6.07, 6.45) is 11.9. The fourth-order valence-corrected chi connectivity index (χ4v) is 12.0. The number of hydrogen-bond acceptors (Lipinski definition) is 13. The summed E-state index contributed by atoms with van der Waals surface area (Å²) in [5, 5.41) is 4.01. The molecule has 20 nitrogen and oxygen atoms in total. The van der Waals surface area contributed by atoms with Gasteiger partial charge in [0.2, 0.25) is 11.4 Å². The van der Waals surface area contributed by atoms with Crippen molar-refractivity contribution in [3.8, 4) is 0 Å². The molecule has 77 heavy (non-hydrogen) atoms. The third-order valence-corrected chi connectivity index (χ3v) is 16.4. The molecule has 6 aromatic rings. The van der Waals surface area contributed by atoms with Gasteiger partial charge in [0, 0.05) is 94.7 Å². The Balaban J connectivity index is 1.18. The average Bonchev–Trinajstić information content (AvgIpc) is 4.22. The zero-order chi connectivity index (χ0) is 55.3. The highest BCUT2D eigenvalue weighted by molar-refractivity contribution is 7.86. The van der Waals surface area contributed by atoms with Crippen LogP contribution < -0.4 is 10.2 Å². The minimum Gasteiger partial charge on any atom is -0.341 e. The van der Waals surface area contributed by atoms with Crippen LogP contribution in [0.3, 0.4) is 0 Å². The van der Waals surface area contributed by atoms with Crippen LogP contribution in [-0.4, -0.2) is 120 Å². The molecule has 2 amide bonds. The molecule has 2 aliphatic heterocycles. The molecule has 4 N–H and O–H groups in total. The standard InChI is InChI=1S/C53H54N4O16S4/c58-49-29-30-50(59)57(49)73-51(60)24-5-4-13-37(15-7-23-44-40-20-9-21-42-48(77(70,71)72)28-27-47(53(40)42)56(44)33-12-36-76(67,68)69)14-6-22-43-39-18-8-19-41-45(25-26-46(52(39)41)55(43)32-11-35-75(64,65)66)54(31-10-34-74(61,62)63)38-16-2-1-3-17-38/h1-3,6-9,14-23,25-28H,4-5,10-13,24,29-36H2,(H3-,61,62,63,64,65,66,67,68,69,70,71,72)/p+1. The first-order chi connectivity index (χ1) is 36.5. The smallest absolute Gasteiger partial charge is 0.333 e. The van der Waals surface area contributed by atoms with Crippen molar-refractivity contribution < 1.29 is 75.7 Å². The highest BCUT2D eigenvalue weighted by Crippen LogP contribution is 2.42. The summed E-state index contributed by atoms with van der Waals surface area (Å²) in [7, 11) is -17.5. The highest BCUT2D eigenvalue weighted by Gasteiger charge is 2.34. The summed E-state index contributed by atoms with van der Waals surface area (Å²) in [4.78, 5) is 43.6. The molecule has 5 aromatic carbocycles. The zero-order valence-corrected chi connectivity index (χ0v) is 44.6. The number of allylic oxidation sites excluding steroid dienone is 6. The van der Waals surface area contributed by atoms with Gasteiger partial charge in [-0.2, -0.15) is 38.2 Å². The number of rotatable bonds is 25. The number of para-hydroxylation sites is 1. The maximum absolute atomic E-state index is 12.7. The summed E-state index contributed by atoms with van der Waals surface area (Å²) < 4.78 is 138. The summed E-state index contributed by atoms with van der Waals surface area (Å²) in [6.45, 7) is 0.506. The quantitative estimate of drug-likeness (QED) is 0.0147. The van der Waals surface area contributed by atoms with E-state index in [1.165, 1.54) is 12.1 Å². The molecule has 0 atom stereocenters. The van der Waals surface area contributed by atoms with Crippen LogP contribution in [0.25, 0.3) is 38.5 Å². The topological polar surface area (TPSA) is 292 Å². The second-order valence-corrected chi connectivity index (χ2v) is 24.6. The molecule has 1 fully saturated rings. The summed E-state index contributed by atoms with van der Waals surface area (Å²) in [6, 6.07) is 26.6. The van der Waals surface area contributed by atoms with Crippen LogP contribution in [0.4, 0.5) is 17.1 Å². The van der Waals surface area contributed by atoms with E-state index in [2.05, 4.69) is 0 Å². The zero-order valence-electron chi connectivity index (χ0n) is 41.3. The number of carbonyl (C=O) groups excluding carboxylic acids is 3. The normalized spacial score (nSPS) is 15.0. The van der Waals surface area contributed by atoms with E-state index < -0.39 is 75.5 Å². The fourth-order valence-electron chi connectivity index (χ4n) is 9.83. The van der Waals surface area contributed by atoms with Crippen molar-refractivity contribution in [3.63, 3.8) is 0 Å². The molecule has 0 unspecified atom stereocenters. The Kier molecular flexibility index (Phi) is 17.1. The van der Waals surface area contributed by atoms with Gasteiger partial charge in [-0.1, -0.05) is 72.8 Å². The number of hydrogen-bond donors (Lipinski definition) is 4. The van der Waals surface area contributed by atoms with Gasteiger partial charge in [-0.15, -0.1) is 5.06 Å². The van der Waals surface area contributed by atoms with E-state index >= 15 is 0 Å². The summed E-state index contributed by atoms with van der Waals surface area (Å²) >= 11 is 0. The minimum atomic E-state index is -4.65. The van der Waals surface area contributed by atoms with Crippen molar-refractivity contribution in [3.05, 3.63) is 138 Å². The highest BCUT2D eigenvalue weighted by atomic mass is 32.2. The first-order valence-corrected chi connectivity index (χ1v) is 30.8. The van der Waals surface area contributed by atoms with Crippen LogP contribution in [0.1, 0.15) is 63.4 Å².